The summed E-state index contributed by atoms with van der Waals surface area (Å²) in [5.41, 5.74) is 6.82. The molecular formula is C12H13F2N3O. The van der Waals surface area contributed by atoms with E-state index in [0.29, 0.717) is 17.1 Å². The summed E-state index contributed by atoms with van der Waals surface area (Å²) in [6.07, 6.45) is 0. The lowest BCUT2D eigenvalue weighted by atomic mass is 10.1. The number of anilines is 1. The fourth-order valence-corrected chi connectivity index (χ4v) is 1.89. The number of benzene rings is 1. The van der Waals surface area contributed by atoms with Crippen molar-refractivity contribution in [2.45, 2.75) is 6.92 Å². The lowest BCUT2D eigenvalue weighted by Crippen LogP contribution is -1.99. The monoisotopic (exact) mass is 253 g/mol. The van der Waals surface area contributed by atoms with Crippen LogP contribution in [0.3, 0.4) is 0 Å². The summed E-state index contributed by atoms with van der Waals surface area (Å²) in [5.74, 6) is -1.06. The first-order valence-corrected chi connectivity index (χ1v) is 5.28. The van der Waals surface area contributed by atoms with Gasteiger partial charge in [-0.3, -0.25) is 4.68 Å². The standard InChI is InChI=1S/C12H13F2N3O/c1-6-11(17(2)16-12(6)15)7-4-9(14)10(18-3)5-8(7)13/h4-5H,1-3H3,(H2,15,16). The second-order valence-corrected chi connectivity index (χ2v) is 3.95. The molecule has 96 valence electrons. The van der Waals surface area contributed by atoms with Gasteiger partial charge in [-0.25, -0.2) is 8.78 Å². The second kappa shape index (κ2) is 4.29. The third-order valence-corrected chi connectivity index (χ3v) is 2.82. The molecule has 18 heavy (non-hydrogen) atoms. The molecule has 0 amide bonds. The summed E-state index contributed by atoms with van der Waals surface area (Å²) >= 11 is 0. The zero-order chi connectivity index (χ0) is 13.4. The van der Waals surface area contributed by atoms with Crippen LogP contribution in [0.5, 0.6) is 5.75 Å². The van der Waals surface area contributed by atoms with Gasteiger partial charge in [-0.15, -0.1) is 0 Å². The number of nitrogen functional groups attached to an aromatic ring is 1. The van der Waals surface area contributed by atoms with Crippen molar-refractivity contribution in [1.82, 2.24) is 9.78 Å². The predicted octanol–water partition coefficient (Wildman–Crippen LogP) is 2.26. The number of aryl methyl sites for hydroxylation is 1. The minimum absolute atomic E-state index is 0.109. The molecule has 0 atom stereocenters. The molecule has 0 radical (unpaired) electrons. The summed E-state index contributed by atoms with van der Waals surface area (Å²) in [5, 5.41) is 3.97. The molecule has 0 fully saturated rings. The summed E-state index contributed by atoms with van der Waals surface area (Å²) < 4.78 is 33.7. The van der Waals surface area contributed by atoms with Crippen LogP contribution in [0.25, 0.3) is 11.3 Å². The third-order valence-electron chi connectivity index (χ3n) is 2.82. The molecule has 0 unspecified atom stereocenters. The lowest BCUT2D eigenvalue weighted by molar-refractivity contribution is 0.383. The van der Waals surface area contributed by atoms with Gasteiger partial charge in [0.1, 0.15) is 11.6 Å². The first-order valence-electron chi connectivity index (χ1n) is 5.28. The molecule has 0 aliphatic carbocycles. The quantitative estimate of drug-likeness (QED) is 0.893. The van der Waals surface area contributed by atoms with Crippen LogP contribution in [-0.2, 0) is 7.05 Å². The zero-order valence-corrected chi connectivity index (χ0v) is 10.3. The first kappa shape index (κ1) is 12.3. The van der Waals surface area contributed by atoms with Crippen LogP contribution in [0.2, 0.25) is 0 Å². The van der Waals surface area contributed by atoms with Crippen LogP contribution < -0.4 is 10.5 Å². The number of rotatable bonds is 2. The van der Waals surface area contributed by atoms with Crippen LogP contribution >= 0.6 is 0 Å². The van der Waals surface area contributed by atoms with Gasteiger partial charge in [0.05, 0.1) is 12.8 Å². The molecule has 0 saturated heterocycles. The van der Waals surface area contributed by atoms with Crippen molar-refractivity contribution in [2.75, 3.05) is 12.8 Å². The van der Waals surface area contributed by atoms with Gasteiger partial charge in [0.25, 0.3) is 0 Å². The Labute approximate surface area is 103 Å². The van der Waals surface area contributed by atoms with E-state index >= 15 is 0 Å². The summed E-state index contributed by atoms with van der Waals surface area (Å²) in [6, 6.07) is 2.09. The normalized spacial score (nSPS) is 10.7. The highest BCUT2D eigenvalue weighted by Crippen LogP contribution is 2.32. The van der Waals surface area contributed by atoms with E-state index in [9.17, 15) is 8.78 Å². The van der Waals surface area contributed by atoms with Crippen molar-refractivity contribution < 1.29 is 13.5 Å². The maximum Gasteiger partial charge on any atom is 0.165 e. The highest BCUT2D eigenvalue weighted by atomic mass is 19.1. The Morgan fingerprint density at radius 1 is 1.28 bits per heavy atom. The van der Waals surface area contributed by atoms with Crippen LogP contribution in [0.15, 0.2) is 12.1 Å². The molecule has 2 rings (SSSR count). The first-order chi connectivity index (χ1) is 8.45. The van der Waals surface area contributed by atoms with E-state index in [1.807, 2.05) is 0 Å². The van der Waals surface area contributed by atoms with Gasteiger partial charge in [0.15, 0.2) is 11.6 Å². The minimum Gasteiger partial charge on any atom is -0.494 e. The number of nitrogens with zero attached hydrogens (tertiary/aromatic N) is 2. The average molecular weight is 253 g/mol. The van der Waals surface area contributed by atoms with Crippen LogP contribution in [-0.4, -0.2) is 16.9 Å². The number of aromatic nitrogens is 2. The fourth-order valence-electron chi connectivity index (χ4n) is 1.89. The number of methoxy groups -OCH3 is 1. The van der Waals surface area contributed by atoms with Gasteiger partial charge in [0.2, 0.25) is 0 Å². The summed E-state index contributed by atoms with van der Waals surface area (Å²) in [7, 11) is 2.91. The molecule has 0 bridgehead atoms. The lowest BCUT2D eigenvalue weighted by Gasteiger charge is -2.08. The molecule has 0 aliphatic heterocycles. The van der Waals surface area contributed by atoms with Gasteiger partial charge in [-0.2, -0.15) is 5.10 Å². The molecule has 1 aromatic carbocycles. The Morgan fingerprint density at radius 2 is 1.94 bits per heavy atom. The van der Waals surface area contributed by atoms with E-state index in [1.54, 1.807) is 14.0 Å². The molecule has 4 nitrogen and oxygen atoms in total. The topological polar surface area (TPSA) is 53.1 Å². The molecule has 1 heterocycles. The van der Waals surface area contributed by atoms with Crippen LogP contribution in [0, 0.1) is 18.6 Å². The van der Waals surface area contributed by atoms with E-state index in [1.165, 1.54) is 11.8 Å². The van der Waals surface area contributed by atoms with E-state index in [4.69, 9.17) is 10.5 Å². The highest BCUT2D eigenvalue weighted by molar-refractivity contribution is 5.69. The number of hydrogen-bond acceptors (Lipinski definition) is 3. The molecule has 0 saturated carbocycles. The molecule has 6 heteroatoms. The Balaban J connectivity index is 2.68. The predicted molar refractivity (Wildman–Crippen MR) is 64.3 cm³/mol. The van der Waals surface area contributed by atoms with Crippen LogP contribution in [0.1, 0.15) is 5.56 Å². The molecule has 0 spiro atoms. The minimum atomic E-state index is -0.631. The van der Waals surface area contributed by atoms with Gasteiger partial charge in [-0.1, -0.05) is 0 Å². The van der Waals surface area contributed by atoms with Crippen molar-refractivity contribution >= 4 is 5.82 Å². The number of hydrogen-bond donors (Lipinski definition) is 1. The van der Waals surface area contributed by atoms with Gasteiger partial charge >= 0.3 is 0 Å². The molecule has 2 N–H and O–H groups in total. The molecule has 0 aliphatic rings. The SMILES string of the molecule is COc1cc(F)c(-c2c(C)c(N)nn2C)cc1F. The van der Waals surface area contributed by atoms with Gasteiger partial charge in [-0.05, 0) is 13.0 Å². The van der Waals surface area contributed by atoms with Crippen molar-refractivity contribution in [3.63, 3.8) is 0 Å². The zero-order valence-electron chi connectivity index (χ0n) is 10.3. The van der Waals surface area contributed by atoms with Crippen molar-refractivity contribution in [2.24, 2.45) is 7.05 Å². The van der Waals surface area contributed by atoms with E-state index in [0.717, 1.165) is 12.1 Å². The van der Waals surface area contributed by atoms with Crippen molar-refractivity contribution in [1.29, 1.82) is 0 Å². The summed E-state index contributed by atoms with van der Waals surface area (Å²) in [4.78, 5) is 0. The Kier molecular flexibility index (Phi) is 2.94. The van der Waals surface area contributed by atoms with Crippen molar-refractivity contribution in [3.05, 3.63) is 29.3 Å². The molecular weight excluding hydrogens is 240 g/mol. The Bertz CT molecular complexity index is 608. The Morgan fingerprint density at radius 3 is 2.44 bits per heavy atom. The van der Waals surface area contributed by atoms with Gasteiger partial charge < -0.3 is 10.5 Å². The largest absolute Gasteiger partial charge is 0.494 e. The van der Waals surface area contributed by atoms with Gasteiger partial charge in [0, 0.05) is 24.2 Å². The van der Waals surface area contributed by atoms with Crippen LogP contribution in [0.4, 0.5) is 14.6 Å². The second-order valence-electron chi connectivity index (χ2n) is 3.95. The maximum absolute atomic E-state index is 13.9. The van der Waals surface area contributed by atoms with E-state index < -0.39 is 11.6 Å². The number of halogens is 2. The third kappa shape index (κ3) is 1.79. The van der Waals surface area contributed by atoms with Crippen molar-refractivity contribution in [3.8, 4) is 17.0 Å². The maximum atomic E-state index is 13.9. The van der Waals surface area contributed by atoms with E-state index in [2.05, 4.69) is 5.10 Å². The summed E-state index contributed by atoms with van der Waals surface area (Å²) in [6.45, 7) is 1.71. The number of ether oxygens (including phenoxy) is 1. The average Bonchev–Trinajstić information content (AvgIpc) is 2.56. The fraction of sp³-hybridized carbons (Fsp3) is 0.250. The smallest absolute Gasteiger partial charge is 0.165 e. The molecule has 1 aromatic heterocycles. The Hall–Kier alpha value is -2.11. The highest BCUT2D eigenvalue weighted by Gasteiger charge is 2.18. The van der Waals surface area contributed by atoms with E-state index in [-0.39, 0.29) is 11.3 Å². The molecule has 2 aromatic rings. The number of nitrogens with two attached hydrogens (primary N) is 1.